The van der Waals surface area contributed by atoms with Gasteiger partial charge < -0.3 is 9.73 Å². The van der Waals surface area contributed by atoms with Crippen LogP contribution in [0.2, 0.25) is 0 Å². The molecule has 3 heterocycles. The highest BCUT2D eigenvalue weighted by Gasteiger charge is 2.36. The SMILES string of the molecule is Cc1nnc(N2CC(C(=O)NCc3coc(-c4ccccc4)n3)CC2=O)s1. The maximum Gasteiger partial charge on any atom is 0.229 e. The molecule has 0 saturated carbocycles. The molecule has 1 atom stereocenters. The van der Waals surface area contributed by atoms with Gasteiger partial charge >= 0.3 is 0 Å². The van der Waals surface area contributed by atoms with Crippen molar-refractivity contribution in [3.05, 3.63) is 47.3 Å². The minimum atomic E-state index is -0.415. The first kappa shape index (κ1) is 17.3. The Morgan fingerprint density at radius 1 is 1.33 bits per heavy atom. The van der Waals surface area contributed by atoms with Gasteiger partial charge in [-0.3, -0.25) is 14.5 Å². The molecule has 8 nitrogen and oxygen atoms in total. The topological polar surface area (TPSA) is 101 Å². The second kappa shape index (κ2) is 7.28. The number of rotatable bonds is 5. The third-order valence-electron chi connectivity index (χ3n) is 4.26. The van der Waals surface area contributed by atoms with Crippen molar-refractivity contribution in [2.75, 3.05) is 11.4 Å². The summed E-state index contributed by atoms with van der Waals surface area (Å²) in [4.78, 5) is 30.5. The summed E-state index contributed by atoms with van der Waals surface area (Å²) in [5.74, 6) is -0.202. The molecular formula is C18H17N5O3S. The van der Waals surface area contributed by atoms with E-state index in [-0.39, 0.29) is 24.8 Å². The maximum atomic E-state index is 12.4. The van der Waals surface area contributed by atoms with E-state index in [1.54, 1.807) is 0 Å². The summed E-state index contributed by atoms with van der Waals surface area (Å²) in [6.07, 6.45) is 1.69. The summed E-state index contributed by atoms with van der Waals surface area (Å²) in [5, 5.41) is 12.1. The largest absolute Gasteiger partial charge is 0.444 e. The monoisotopic (exact) mass is 383 g/mol. The van der Waals surface area contributed by atoms with Gasteiger partial charge in [0.05, 0.1) is 18.2 Å². The number of aromatic nitrogens is 3. The number of carbonyl (C=O) groups is 2. The van der Waals surface area contributed by atoms with Gasteiger partial charge in [-0.05, 0) is 19.1 Å². The van der Waals surface area contributed by atoms with Crippen LogP contribution in [0.15, 0.2) is 41.0 Å². The summed E-state index contributed by atoms with van der Waals surface area (Å²) in [6.45, 7) is 2.39. The van der Waals surface area contributed by atoms with Gasteiger partial charge in [-0.1, -0.05) is 29.5 Å². The number of anilines is 1. The van der Waals surface area contributed by atoms with E-state index in [1.807, 2.05) is 37.3 Å². The Hall–Kier alpha value is -3.07. The standard InChI is InChI=1S/C18H17N5O3S/c1-11-21-22-18(27-11)23-9-13(7-15(23)24)16(25)19-8-14-10-26-17(20-14)12-5-3-2-4-6-12/h2-6,10,13H,7-9H2,1H3,(H,19,25). The molecule has 0 aliphatic carbocycles. The number of carbonyl (C=O) groups excluding carboxylic acids is 2. The van der Waals surface area contributed by atoms with E-state index in [2.05, 4.69) is 20.5 Å². The molecule has 27 heavy (non-hydrogen) atoms. The van der Waals surface area contributed by atoms with Crippen LogP contribution in [0, 0.1) is 12.8 Å². The third kappa shape index (κ3) is 3.72. The smallest absolute Gasteiger partial charge is 0.229 e. The second-order valence-electron chi connectivity index (χ2n) is 6.24. The fourth-order valence-corrected chi connectivity index (χ4v) is 3.60. The van der Waals surface area contributed by atoms with Crippen LogP contribution in [0.1, 0.15) is 17.1 Å². The summed E-state index contributed by atoms with van der Waals surface area (Å²) in [5.41, 5.74) is 1.50. The highest BCUT2D eigenvalue weighted by molar-refractivity contribution is 7.15. The zero-order valence-corrected chi connectivity index (χ0v) is 15.4. The molecule has 1 aliphatic heterocycles. The van der Waals surface area contributed by atoms with Gasteiger partial charge in [0.25, 0.3) is 0 Å². The first-order valence-corrected chi connectivity index (χ1v) is 9.30. The van der Waals surface area contributed by atoms with Crippen molar-refractivity contribution in [3.63, 3.8) is 0 Å². The van der Waals surface area contributed by atoms with Crippen LogP contribution in [-0.2, 0) is 16.1 Å². The van der Waals surface area contributed by atoms with Crippen LogP contribution in [0.5, 0.6) is 0 Å². The van der Waals surface area contributed by atoms with Gasteiger partial charge in [-0.25, -0.2) is 4.98 Å². The van der Waals surface area contributed by atoms with Gasteiger partial charge in [-0.2, -0.15) is 0 Å². The Kier molecular flexibility index (Phi) is 4.68. The molecule has 0 radical (unpaired) electrons. The van der Waals surface area contributed by atoms with Crippen molar-refractivity contribution in [1.82, 2.24) is 20.5 Å². The summed E-state index contributed by atoms with van der Waals surface area (Å²) in [7, 11) is 0. The van der Waals surface area contributed by atoms with Crippen LogP contribution in [-0.4, -0.2) is 33.5 Å². The predicted octanol–water partition coefficient (Wildman–Crippen LogP) is 2.17. The van der Waals surface area contributed by atoms with Crippen LogP contribution < -0.4 is 10.2 Å². The van der Waals surface area contributed by atoms with Crippen LogP contribution >= 0.6 is 11.3 Å². The highest BCUT2D eigenvalue weighted by Crippen LogP contribution is 2.27. The van der Waals surface area contributed by atoms with E-state index in [9.17, 15) is 9.59 Å². The van der Waals surface area contributed by atoms with Gasteiger partial charge in [0.1, 0.15) is 11.3 Å². The number of benzene rings is 1. The lowest BCUT2D eigenvalue weighted by Gasteiger charge is -2.12. The Morgan fingerprint density at radius 2 is 2.15 bits per heavy atom. The maximum absolute atomic E-state index is 12.4. The lowest BCUT2D eigenvalue weighted by Crippen LogP contribution is -2.32. The van der Waals surface area contributed by atoms with Gasteiger partial charge in [0.2, 0.25) is 22.8 Å². The van der Waals surface area contributed by atoms with Crippen LogP contribution in [0.3, 0.4) is 0 Å². The molecule has 138 valence electrons. The van der Waals surface area contributed by atoms with Crippen molar-refractivity contribution in [1.29, 1.82) is 0 Å². The van der Waals surface area contributed by atoms with E-state index in [4.69, 9.17) is 4.42 Å². The van der Waals surface area contributed by atoms with E-state index >= 15 is 0 Å². The fourth-order valence-electron chi connectivity index (χ4n) is 2.89. The van der Waals surface area contributed by atoms with Crippen molar-refractivity contribution >= 4 is 28.3 Å². The van der Waals surface area contributed by atoms with Gasteiger partial charge in [-0.15, -0.1) is 10.2 Å². The number of nitrogens with one attached hydrogen (secondary N) is 1. The summed E-state index contributed by atoms with van der Waals surface area (Å²) >= 11 is 1.34. The Labute approximate surface area is 159 Å². The third-order valence-corrected chi connectivity index (χ3v) is 5.12. The zero-order chi connectivity index (χ0) is 18.8. The molecule has 0 spiro atoms. The normalized spacial score (nSPS) is 16.7. The molecule has 1 unspecified atom stereocenters. The highest BCUT2D eigenvalue weighted by atomic mass is 32.1. The molecule has 1 aromatic carbocycles. The number of aryl methyl sites for hydroxylation is 1. The molecule has 2 amide bonds. The van der Waals surface area contributed by atoms with E-state index < -0.39 is 5.92 Å². The first-order chi connectivity index (χ1) is 13.1. The number of hydrogen-bond donors (Lipinski definition) is 1. The van der Waals surface area contributed by atoms with Crippen molar-refractivity contribution < 1.29 is 14.0 Å². The van der Waals surface area contributed by atoms with Crippen LogP contribution in [0.25, 0.3) is 11.5 Å². The molecular weight excluding hydrogens is 366 g/mol. The fraction of sp³-hybridized carbons (Fsp3) is 0.278. The molecule has 4 rings (SSSR count). The Bertz CT molecular complexity index is 968. The minimum absolute atomic E-state index is 0.112. The average Bonchev–Trinajstić information content (AvgIpc) is 3.40. The quantitative estimate of drug-likeness (QED) is 0.725. The first-order valence-electron chi connectivity index (χ1n) is 8.48. The molecule has 1 N–H and O–H groups in total. The molecule has 1 saturated heterocycles. The average molecular weight is 383 g/mol. The summed E-state index contributed by atoms with van der Waals surface area (Å²) < 4.78 is 5.46. The Balaban J connectivity index is 1.35. The molecule has 1 fully saturated rings. The van der Waals surface area contributed by atoms with Crippen molar-refractivity contribution in [3.8, 4) is 11.5 Å². The molecule has 1 aliphatic rings. The van der Waals surface area contributed by atoms with Crippen LogP contribution in [0.4, 0.5) is 5.13 Å². The van der Waals surface area contributed by atoms with Crippen molar-refractivity contribution in [2.45, 2.75) is 19.9 Å². The molecule has 2 aromatic heterocycles. The van der Waals surface area contributed by atoms with E-state index in [0.717, 1.165) is 10.6 Å². The number of amides is 2. The second-order valence-corrected chi connectivity index (χ2v) is 7.40. The lowest BCUT2D eigenvalue weighted by molar-refractivity contribution is -0.126. The van der Waals surface area contributed by atoms with E-state index in [1.165, 1.54) is 22.5 Å². The van der Waals surface area contributed by atoms with Gasteiger partial charge in [0.15, 0.2) is 0 Å². The zero-order valence-electron chi connectivity index (χ0n) is 14.6. The molecule has 0 bridgehead atoms. The summed E-state index contributed by atoms with van der Waals surface area (Å²) in [6, 6.07) is 9.54. The minimum Gasteiger partial charge on any atom is -0.444 e. The predicted molar refractivity (Wildman–Crippen MR) is 98.9 cm³/mol. The lowest BCUT2D eigenvalue weighted by atomic mass is 10.1. The Morgan fingerprint density at radius 3 is 2.89 bits per heavy atom. The molecule has 3 aromatic rings. The van der Waals surface area contributed by atoms with Crippen molar-refractivity contribution in [2.24, 2.45) is 5.92 Å². The number of hydrogen-bond acceptors (Lipinski definition) is 7. The van der Waals surface area contributed by atoms with Gasteiger partial charge in [0, 0.05) is 18.5 Å². The van der Waals surface area contributed by atoms with E-state index in [0.29, 0.717) is 23.3 Å². The number of nitrogens with zero attached hydrogens (tertiary/aromatic N) is 4. The number of oxazole rings is 1. The molecule has 9 heteroatoms.